The van der Waals surface area contributed by atoms with E-state index < -0.39 is 0 Å². The van der Waals surface area contributed by atoms with Crippen LogP contribution in [0.1, 0.15) is 45.1 Å². The van der Waals surface area contributed by atoms with Crippen molar-refractivity contribution in [2.24, 2.45) is 5.92 Å². The zero-order valence-corrected chi connectivity index (χ0v) is 11.6. The van der Waals surface area contributed by atoms with E-state index in [1.807, 2.05) is 6.20 Å². The molecule has 1 aromatic rings. The quantitative estimate of drug-likeness (QED) is 0.790. The van der Waals surface area contributed by atoms with Gasteiger partial charge in [-0.2, -0.15) is 0 Å². The first-order chi connectivity index (χ1) is 8.86. The topological polar surface area (TPSA) is 39.1 Å². The molecule has 102 valence electrons. The molecular formula is C14H25N3O. The maximum Gasteiger partial charge on any atom is 0.203 e. The lowest BCUT2D eigenvalue weighted by Crippen LogP contribution is -2.24. The summed E-state index contributed by atoms with van der Waals surface area (Å²) in [5.41, 5.74) is 0. The Balaban J connectivity index is 2.04. The summed E-state index contributed by atoms with van der Waals surface area (Å²) < 4.78 is 7.40. The molecule has 0 spiro atoms. The van der Waals surface area contributed by atoms with Crippen LogP contribution in [0.15, 0.2) is 12.4 Å². The molecule has 1 N–H and O–H groups in total. The summed E-state index contributed by atoms with van der Waals surface area (Å²) in [5.74, 6) is 1.80. The van der Waals surface area contributed by atoms with Gasteiger partial charge in [0.1, 0.15) is 0 Å². The fourth-order valence-corrected chi connectivity index (χ4v) is 3.01. The van der Waals surface area contributed by atoms with E-state index in [9.17, 15) is 0 Å². The number of ether oxygens (including phenoxy) is 1. The van der Waals surface area contributed by atoms with E-state index in [1.54, 1.807) is 7.11 Å². The molecular weight excluding hydrogens is 226 g/mol. The smallest absolute Gasteiger partial charge is 0.203 e. The summed E-state index contributed by atoms with van der Waals surface area (Å²) in [6.45, 7) is 3.84. The average Bonchev–Trinajstić information content (AvgIpc) is 2.87. The largest absolute Gasteiger partial charge is 0.383 e. The molecule has 0 saturated heterocycles. The highest BCUT2D eigenvalue weighted by molar-refractivity contribution is 5.26. The molecule has 2 unspecified atom stereocenters. The third-order valence-electron chi connectivity index (χ3n) is 4.01. The molecule has 0 amide bonds. The summed E-state index contributed by atoms with van der Waals surface area (Å²) in [7, 11) is 1.72. The van der Waals surface area contributed by atoms with Crippen molar-refractivity contribution in [3.63, 3.8) is 0 Å². The second kappa shape index (κ2) is 6.78. The Morgan fingerprint density at radius 3 is 3.06 bits per heavy atom. The Kier molecular flexibility index (Phi) is 5.05. The number of nitrogens with one attached hydrogen (secondary N) is 1. The molecule has 1 saturated carbocycles. The number of aromatic nitrogens is 2. The van der Waals surface area contributed by atoms with Crippen LogP contribution in [0.3, 0.4) is 0 Å². The fraction of sp³-hybridized carbons (Fsp3) is 0.786. The van der Waals surface area contributed by atoms with E-state index in [0.29, 0.717) is 12.6 Å². The zero-order valence-electron chi connectivity index (χ0n) is 11.6. The molecule has 0 aliphatic heterocycles. The van der Waals surface area contributed by atoms with Gasteiger partial charge in [0.2, 0.25) is 5.95 Å². The van der Waals surface area contributed by atoms with E-state index in [-0.39, 0.29) is 0 Å². The molecule has 0 bridgehead atoms. The highest BCUT2D eigenvalue weighted by Crippen LogP contribution is 2.37. The second-order valence-corrected chi connectivity index (χ2v) is 5.10. The Bertz CT molecular complexity index is 351. The minimum atomic E-state index is 0.622. The number of hydrogen-bond donors (Lipinski definition) is 1. The van der Waals surface area contributed by atoms with Gasteiger partial charge in [-0.05, 0) is 18.8 Å². The molecule has 4 nitrogen and oxygen atoms in total. The summed E-state index contributed by atoms with van der Waals surface area (Å²) in [5, 5.41) is 3.36. The van der Waals surface area contributed by atoms with Crippen molar-refractivity contribution in [1.29, 1.82) is 0 Å². The van der Waals surface area contributed by atoms with E-state index in [0.717, 1.165) is 18.4 Å². The third kappa shape index (κ3) is 3.05. The van der Waals surface area contributed by atoms with Crippen LogP contribution in [0, 0.1) is 5.92 Å². The standard InChI is InChI=1S/C14H25N3O/c1-3-12-6-4-5-7-13(12)17-10-8-15-14(17)16-9-11-18-2/h8,10,12-13H,3-7,9,11H2,1-2H3,(H,15,16). The predicted octanol–water partition coefficient (Wildman–Crippen LogP) is 3.08. The molecule has 18 heavy (non-hydrogen) atoms. The van der Waals surface area contributed by atoms with Crippen molar-refractivity contribution >= 4 is 5.95 Å². The van der Waals surface area contributed by atoms with E-state index in [2.05, 4.69) is 28.0 Å². The van der Waals surface area contributed by atoms with Crippen molar-refractivity contribution < 1.29 is 4.74 Å². The van der Waals surface area contributed by atoms with Gasteiger partial charge in [0.15, 0.2) is 0 Å². The lowest BCUT2D eigenvalue weighted by molar-refractivity contribution is 0.209. The van der Waals surface area contributed by atoms with Crippen LogP contribution in [-0.2, 0) is 4.74 Å². The van der Waals surface area contributed by atoms with E-state index in [1.165, 1.54) is 32.1 Å². The Labute approximate surface area is 110 Å². The van der Waals surface area contributed by atoms with E-state index in [4.69, 9.17) is 4.74 Å². The van der Waals surface area contributed by atoms with Crippen LogP contribution in [0.25, 0.3) is 0 Å². The SMILES string of the molecule is CCC1CCCCC1n1ccnc1NCCOC. The molecule has 1 heterocycles. The third-order valence-corrected chi connectivity index (χ3v) is 4.01. The Morgan fingerprint density at radius 2 is 2.28 bits per heavy atom. The number of imidazole rings is 1. The van der Waals surface area contributed by atoms with Crippen LogP contribution < -0.4 is 5.32 Å². The highest BCUT2D eigenvalue weighted by Gasteiger charge is 2.26. The van der Waals surface area contributed by atoms with Crippen LogP contribution in [-0.4, -0.2) is 29.8 Å². The summed E-state index contributed by atoms with van der Waals surface area (Å²) in [4.78, 5) is 4.43. The van der Waals surface area contributed by atoms with Crippen molar-refractivity contribution in [3.05, 3.63) is 12.4 Å². The predicted molar refractivity (Wildman–Crippen MR) is 73.9 cm³/mol. The van der Waals surface area contributed by atoms with Crippen molar-refractivity contribution in [2.45, 2.75) is 45.1 Å². The molecule has 0 radical (unpaired) electrons. The maximum atomic E-state index is 5.07. The van der Waals surface area contributed by atoms with Crippen molar-refractivity contribution in [3.8, 4) is 0 Å². The van der Waals surface area contributed by atoms with Gasteiger partial charge in [-0.25, -0.2) is 4.98 Å². The zero-order chi connectivity index (χ0) is 12.8. The van der Waals surface area contributed by atoms with Gasteiger partial charge in [-0.3, -0.25) is 0 Å². The van der Waals surface area contributed by atoms with Crippen LogP contribution in [0.5, 0.6) is 0 Å². The van der Waals surface area contributed by atoms with Crippen molar-refractivity contribution in [2.75, 3.05) is 25.6 Å². The lowest BCUT2D eigenvalue weighted by atomic mass is 9.83. The van der Waals surface area contributed by atoms with Gasteiger partial charge in [-0.15, -0.1) is 0 Å². The second-order valence-electron chi connectivity index (χ2n) is 5.10. The molecule has 1 fully saturated rings. The monoisotopic (exact) mass is 251 g/mol. The van der Waals surface area contributed by atoms with Crippen LogP contribution >= 0.6 is 0 Å². The molecule has 1 aliphatic rings. The molecule has 1 aromatic heterocycles. The van der Waals surface area contributed by atoms with Crippen LogP contribution in [0.2, 0.25) is 0 Å². The summed E-state index contributed by atoms with van der Waals surface area (Å²) in [6, 6.07) is 0.622. The van der Waals surface area contributed by atoms with Gasteiger partial charge in [-0.1, -0.05) is 26.2 Å². The van der Waals surface area contributed by atoms with Gasteiger partial charge in [0, 0.05) is 32.1 Å². The fourth-order valence-electron chi connectivity index (χ4n) is 3.01. The first-order valence-corrected chi connectivity index (χ1v) is 7.12. The number of rotatable bonds is 6. The van der Waals surface area contributed by atoms with E-state index >= 15 is 0 Å². The van der Waals surface area contributed by atoms with Gasteiger partial charge >= 0.3 is 0 Å². The average molecular weight is 251 g/mol. The molecule has 4 heteroatoms. The first kappa shape index (κ1) is 13.4. The summed E-state index contributed by atoms with van der Waals surface area (Å²) >= 11 is 0. The van der Waals surface area contributed by atoms with Gasteiger partial charge in [0.05, 0.1) is 6.61 Å². The maximum absolute atomic E-state index is 5.07. The normalized spacial score (nSPS) is 24.1. The summed E-state index contributed by atoms with van der Waals surface area (Å²) in [6.07, 6.45) is 10.7. The van der Waals surface area contributed by atoms with Gasteiger partial charge < -0.3 is 14.6 Å². The molecule has 2 rings (SSSR count). The lowest BCUT2D eigenvalue weighted by Gasteiger charge is -2.32. The number of methoxy groups -OCH3 is 1. The van der Waals surface area contributed by atoms with Gasteiger partial charge in [0.25, 0.3) is 0 Å². The Hall–Kier alpha value is -1.03. The molecule has 1 aliphatic carbocycles. The minimum absolute atomic E-state index is 0.622. The molecule has 2 atom stereocenters. The van der Waals surface area contributed by atoms with Crippen molar-refractivity contribution in [1.82, 2.24) is 9.55 Å². The first-order valence-electron chi connectivity index (χ1n) is 7.12. The number of nitrogens with zero attached hydrogens (tertiary/aromatic N) is 2. The Morgan fingerprint density at radius 1 is 1.44 bits per heavy atom. The number of anilines is 1. The number of hydrogen-bond acceptors (Lipinski definition) is 3. The molecule has 0 aromatic carbocycles. The van der Waals surface area contributed by atoms with Crippen LogP contribution in [0.4, 0.5) is 5.95 Å². The highest BCUT2D eigenvalue weighted by atomic mass is 16.5. The minimum Gasteiger partial charge on any atom is -0.383 e.